The molecule has 0 fully saturated rings. The van der Waals surface area contributed by atoms with Crippen molar-refractivity contribution in [1.82, 2.24) is 9.97 Å². The summed E-state index contributed by atoms with van der Waals surface area (Å²) in [7, 11) is 0. The Balaban J connectivity index is 2.38. The molecule has 2 rings (SSSR count). The molecule has 106 valence electrons. The average Bonchev–Trinajstić information content (AvgIpc) is 2.46. The molecule has 0 radical (unpaired) electrons. The third-order valence-corrected chi connectivity index (χ3v) is 3.16. The normalized spacial score (nSPS) is 10.8. The van der Waals surface area contributed by atoms with Gasteiger partial charge >= 0.3 is 0 Å². The van der Waals surface area contributed by atoms with Crippen molar-refractivity contribution in [2.45, 2.75) is 33.6 Å². The number of aryl methyl sites for hydroxylation is 1. The van der Waals surface area contributed by atoms with E-state index < -0.39 is 0 Å². The number of nitrogens with zero attached hydrogens (tertiary/aromatic N) is 2. The number of hydrazine groups is 1. The van der Waals surface area contributed by atoms with Gasteiger partial charge in [-0.3, -0.25) is 0 Å². The Kier molecular flexibility index (Phi) is 4.69. The molecular formula is C16H22N4. The topological polar surface area (TPSA) is 63.8 Å². The molecule has 20 heavy (non-hydrogen) atoms. The molecule has 0 saturated heterocycles. The van der Waals surface area contributed by atoms with Gasteiger partial charge in [0.05, 0.1) is 0 Å². The third-order valence-electron chi connectivity index (χ3n) is 3.16. The largest absolute Gasteiger partial charge is 0.308 e. The summed E-state index contributed by atoms with van der Waals surface area (Å²) in [6, 6.07) is 10.3. The smallest absolute Gasteiger partial charge is 0.161 e. The highest BCUT2D eigenvalue weighted by Gasteiger charge is 2.08. The van der Waals surface area contributed by atoms with Crippen molar-refractivity contribution in [3.8, 4) is 11.4 Å². The standard InChI is InChI=1S/C16H22N4/c1-4-12-5-7-13(8-6-12)16-18-14(9-11(2)3)10-15(19-16)20-17/h5-8,10-11H,4,9,17H2,1-3H3,(H,18,19,20). The van der Waals surface area contributed by atoms with Crippen LogP contribution in [0.2, 0.25) is 0 Å². The van der Waals surface area contributed by atoms with Crippen molar-refractivity contribution in [2.75, 3.05) is 5.43 Å². The fraction of sp³-hybridized carbons (Fsp3) is 0.375. The molecule has 0 spiro atoms. The van der Waals surface area contributed by atoms with Gasteiger partial charge in [0, 0.05) is 17.3 Å². The van der Waals surface area contributed by atoms with Gasteiger partial charge in [-0.15, -0.1) is 0 Å². The molecule has 0 saturated carbocycles. The van der Waals surface area contributed by atoms with Gasteiger partial charge in [0.2, 0.25) is 0 Å². The third kappa shape index (κ3) is 3.54. The molecule has 0 bridgehead atoms. The Labute approximate surface area is 120 Å². The lowest BCUT2D eigenvalue weighted by molar-refractivity contribution is 0.635. The van der Waals surface area contributed by atoms with Crippen LogP contribution in [0.5, 0.6) is 0 Å². The van der Waals surface area contributed by atoms with Gasteiger partial charge in [0.1, 0.15) is 5.82 Å². The molecule has 4 nitrogen and oxygen atoms in total. The average molecular weight is 270 g/mol. The van der Waals surface area contributed by atoms with Gasteiger partial charge in [0.25, 0.3) is 0 Å². The van der Waals surface area contributed by atoms with Gasteiger partial charge in [-0.25, -0.2) is 15.8 Å². The van der Waals surface area contributed by atoms with Crippen LogP contribution in [0.1, 0.15) is 32.0 Å². The van der Waals surface area contributed by atoms with Crippen molar-refractivity contribution in [3.05, 3.63) is 41.6 Å². The molecule has 0 aliphatic rings. The molecule has 0 aliphatic carbocycles. The predicted octanol–water partition coefficient (Wildman–Crippen LogP) is 3.19. The Morgan fingerprint density at radius 3 is 2.40 bits per heavy atom. The van der Waals surface area contributed by atoms with E-state index in [0.29, 0.717) is 11.7 Å². The van der Waals surface area contributed by atoms with Gasteiger partial charge in [-0.2, -0.15) is 0 Å². The molecular weight excluding hydrogens is 248 g/mol. The first-order valence-electron chi connectivity index (χ1n) is 7.06. The Hall–Kier alpha value is -1.94. The number of nitrogens with two attached hydrogens (primary N) is 1. The number of rotatable bonds is 5. The second-order valence-corrected chi connectivity index (χ2v) is 5.36. The lowest BCUT2D eigenvalue weighted by Gasteiger charge is -2.09. The minimum Gasteiger partial charge on any atom is -0.308 e. The maximum Gasteiger partial charge on any atom is 0.161 e. The number of benzene rings is 1. The van der Waals surface area contributed by atoms with Crippen LogP contribution < -0.4 is 11.3 Å². The van der Waals surface area contributed by atoms with Crippen LogP contribution >= 0.6 is 0 Å². The summed E-state index contributed by atoms with van der Waals surface area (Å²) in [5.74, 6) is 7.43. The van der Waals surface area contributed by atoms with Crippen molar-refractivity contribution >= 4 is 5.82 Å². The highest BCUT2D eigenvalue weighted by molar-refractivity contribution is 5.58. The maximum absolute atomic E-state index is 5.50. The number of hydrogen-bond acceptors (Lipinski definition) is 4. The van der Waals surface area contributed by atoms with Crippen LogP contribution in [0.25, 0.3) is 11.4 Å². The number of anilines is 1. The molecule has 0 atom stereocenters. The highest BCUT2D eigenvalue weighted by atomic mass is 15.3. The van der Waals surface area contributed by atoms with Crippen LogP contribution in [-0.2, 0) is 12.8 Å². The lowest BCUT2D eigenvalue weighted by Crippen LogP contribution is -2.11. The van der Waals surface area contributed by atoms with Gasteiger partial charge in [-0.05, 0) is 24.3 Å². The monoisotopic (exact) mass is 270 g/mol. The van der Waals surface area contributed by atoms with E-state index in [1.54, 1.807) is 0 Å². The Morgan fingerprint density at radius 1 is 1.15 bits per heavy atom. The number of nitrogens with one attached hydrogen (secondary N) is 1. The maximum atomic E-state index is 5.50. The van der Waals surface area contributed by atoms with Crippen LogP contribution in [0, 0.1) is 5.92 Å². The first kappa shape index (κ1) is 14.5. The number of aromatic nitrogens is 2. The fourth-order valence-corrected chi connectivity index (χ4v) is 2.11. The van der Waals surface area contributed by atoms with Gasteiger partial charge < -0.3 is 5.43 Å². The predicted molar refractivity (Wildman–Crippen MR) is 83.2 cm³/mol. The van der Waals surface area contributed by atoms with Crippen molar-refractivity contribution in [2.24, 2.45) is 11.8 Å². The summed E-state index contributed by atoms with van der Waals surface area (Å²) >= 11 is 0. The number of nitrogen functional groups attached to an aromatic ring is 1. The molecule has 0 aliphatic heterocycles. The summed E-state index contributed by atoms with van der Waals surface area (Å²) in [4.78, 5) is 9.08. The second kappa shape index (κ2) is 6.48. The molecule has 2 aromatic rings. The lowest BCUT2D eigenvalue weighted by atomic mass is 10.1. The molecule has 0 unspecified atom stereocenters. The van der Waals surface area contributed by atoms with E-state index in [9.17, 15) is 0 Å². The summed E-state index contributed by atoms with van der Waals surface area (Å²) in [5.41, 5.74) is 5.96. The fourth-order valence-electron chi connectivity index (χ4n) is 2.11. The van der Waals surface area contributed by atoms with Gasteiger partial charge in [0.15, 0.2) is 5.82 Å². The molecule has 4 heteroatoms. The van der Waals surface area contributed by atoms with Crippen molar-refractivity contribution < 1.29 is 0 Å². The van der Waals surface area contributed by atoms with E-state index in [1.165, 1.54) is 5.56 Å². The van der Waals surface area contributed by atoms with Crippen LogP contribution in [0.3, 0.4) is 0 Å². The SMILES string of the molecule is CCc1ccc(-c2nc(CC(C)C)cc(NN)n2)cc1. The van der Waals surface area contributed by atoms with Crippen molar-refractivity contribution in [1.29, 1.82) is 0 Å². The molecule has 1 aromatic carbocycles. The second-order valence-electron chi connectivity index (χ2n) is 5.36. The first-order chi connectivity index (χ1) is 9.62. The Bertz CT molecular complexity index is 561. The van der Waals surface area contributed by atoms with E-state index in [-0.39, 0.29) is 0 Å². The number of hydrogen-bond donors (Lipinski definition) is 2. The zero-order chi connectivity index (χ0) is 14.5. The summed E-state index contributed by atoms with van der Waals surface area (Å²) in [6.07, 6.45) is 1.95. The zero-order valence-electron chi connectivity index (χ0n) is 12.4. The summed E-state index contributed by atoms with van der Waals surface area (Å²) in [5, 5.41) is 0. The van der Waals surface area contributed by atoms with Crippen LogP contribution in [-0.4, -0.2) is 9.97 Å². The molecule has 1 heterocycles. The quantitative estimate of drug-likeness (QED) is 0.647. The van der Waals surface area contributed by atoms with E-state index in [2.05, 4.69) is 60.4 Å². The van der Waals surface area contributed by atoms with Crippen LogP contribution in [0.4, 0.5) is 5.82 Å². The molecule has 0 amide bonds. The molecule has 1 aromatic heterocycles. The zero-order valence-corrected chi connectivity index (χ0v) is 12.4. The summed E-state index contributed by atoms with van der Waals surface area (Å²) in [6.45, 7) is 6.49. The van der Waals surface area contributed by atoms with E-state index >= 15 is 0 Å². The first-order valence-corrected chi connectivity index (χ1v) is 7.06. The Morgan fingerprint density at radius 2 is 1.85 bits per heavy atom. The summed E-state index contributed by atoms with van der Waals surface area (Å²) < 4.78 is 0. The van der Waals surface area contributed by atoms with E-state index in [4.69, 9.17) is 5.84 Å². The minimum atomic E-state index is 0.547. The molecule has 3 N–H and O–H groups in total. The van der Waals surface area contributed by atoms with E-state index in [0.717, 1.165) is 29.9 Å². The van der Waals surface area contributed by atoms with Crippen LogP contribution in [0.15, 0.2) is 30.3 Å². The minimum absolute atomic E-state index is 0.547. The van der Waals surface area contributed by atoms with Gasteiger partial charge in [-0.1, -0.05) is 45.0 Å². The van der Waals surface area contributed by atoms with E-state index in [1.807, 2.05) is 6.07 Å². The van der Waals surface area contributed by atoms with Crippen molar-refractivity contribution in [3.63, 3.8) is 0 Å². The highest BCUT2D eigenvalue weighted by Crippen LogP contribution is 2.20.